The SMILES string of the molecule is CC1CN(CC(=O)NCc2ccco2)CC1C(=O)O. The lowest BCUT2D eigenvalue weighted by atomic mass is 9.99. The number of nitrogens with one attached hydrogen (secondary N) is 1. The maximum Gasteiger partial charge on any atom is 0.308 e. The van der Waals surface area contributed by atoms with E-state index < -0.39 is 5.97 Å². The number of aliphatic carboxylic acids is 1. The second-order valence-corrected chi connectivity index (χ2v) is 4.97. The topological polar surface area (TPSA) is 82.8 Å². The lowest BCUT2D eigenvalue weighted by molar-refractivity contribution is -0.142. The van der Waals surface area contributed by atoms with Crippen molar-refractivity contribution in [2.45, 2.75) is 13.5 Å². The smallest absolute Gasteiger partial charge is 0.308 e. The van der Waals surface area contributed by atoms with Crippen molar-refractivity contribution in [3.05, 3.63) is 24.2 Å². The summed E-state index contributed by atoms with van der Waals surface area (Å²) in [5.74, 6) is -0.500. The minimum Gasteiger partial charge on any atom is -0.481 e. The molecule has 2 N–H and O–H groups in total. The number of furan rings is 1. The summed E-state index contributed by atoms with van der Waals surface area (Å²) in [5, 5.41) is 11.8. The van der Waals surface area contributed by atoms with Gasteiger partial charge in [-0.05, 0) is 18.1 Å². The minimum absolute atomic E-state index is 0.0790. The normalized spacial score (nSPS) is 23.4. The van der Waals surface area contributed by atoms with Gasteiger partial charge in [-0.25, -0.2) is 0 Å². The first-order valence-corrected chi connectivity index (χ1v) is 6.30. The number of carboxylic acid groups (broad SMARTS) is 1. The highest BCUT2D eigenvalue weighted by atomic mass is 16.4. The molecule has 2 heterocycles. The van der Waals surface area contributed by atoms with E-state index >= 15 is 0 Å². The van der Waals surface area contributed by atoms with E-state index in [1.807, 2.05) is 11.8 Å². The lowest BCUT2D eigenvalue weighted by Crippen LogP contribution is -2.36. The Balaban J connectivity index is 1.75. The first kappa shape index (κ1) is 13.6. The maximum absolute atomic E-state index is 11.7. The van der Waals surface area contributed by atoms with Crippen molar-refractivity contribution < 1.29 is 19.1 Å². The van der Waals surface area contributed by atoms with Gasteiger partial charge in [0.2, 0.25) is 5.91 Å². The third kappa shape index (κ3) is 3.57. The molecular weight excluding hydrogens is 248 g/mol. The fourth-order valence-corrected chi connectivity index (χ4v) is 2.38. The number of rotatable bonds is 5. The minimum atomic E-state index is -0.786. The van der Waals surface area contributed by atoms with E-state index in [2.05, 4.69) is 5.32 Å². The van der Waals surface area contributed by atoms with Crippen molar-refractivity contribution >= 4 is 11.9 Å². The van der Waals surface area contributed by atoms with Gasteiger partial charge in [-0.1, -0.05) is 6.92 Å². The lowest BCUT2D eigenvalue weighted by Gasteiger charge is -2.14. The largest absolute Gasteiger partial charge is 0.481 e. The van der Waals surface area contributed by atoms with Gasteiger partial charge in [0.05, 0.1) is 25.3 Å². The number of likely N-dealkylation sites (tertiary alicyclic amines) is 1. The van der Waals surface area contributed by atoms with Gasteiger partial charge in [0.1, 0.15) is 5.76 Å². The number of carbonyl (C=O) groups is 2. The highest BCUT2D eigenvalue weighted by Gasteiger charge is 2.35. The molecule has 1 aliphatic rings. The summed E-state index contributed by atoms with van der Waals surface area (Å²) in [6, 6.07) is 3.56. The molecule has 0 aromatic carbocycles. The molecule has 104 valence electrons. The molecule has 19 heavy (non-hydrogen) atoms. The molecule has 1 fully saturated rings. The van der Waals surface area contributed by atoms with E-state index in [0.717, 1.165) is 0 Å². The molecule has 6 nitrogen and oxygen atoms in total. The van der Waals surface area contributed by atoms with Gasteiger partial charge >= 0.3 is 5.97 Å². The van der Waals surface area contributed by atoms with Crippen LogP contribution in [0.4, 0.5) is 0 Å². The Morgan fingerprint density at radius 2 is 2.32 bits per heavy atom. The van der Waals surface area contributed by atoms with Crippen LogP contribution in [0.2, 0.25) is 0 Å². The predicted octanol–water partition coefficient (Wildman–Crippen LogP) is 0.548. The summed E-state index contributed by atoms with van der Waals surface area (Å²) in [4.78, 5) is 24.6. The number of hydrogen-bond donors (Lipinski definition) is 2. The second kappa shape index (κ2) is 5.88. The van der Waals surface area contributed by atoms with E-state index in [4.69, 9.17) is 9.52 Å². The molecule has 1 amide bonds. The Morgan fingerprint density at radius 1 is 1.53 bits per heavy atom. The van der Waals surface area contributed by atoms with E-state index in [9.17, 15) is 9.59 Å². The highest BCUT2D eigenvalue weighted by molar-refractivity contribution is 5.78. The Hall–Kier alpha value is -1.82. The Kier molecular flexibility index (Phi) is 4.21. The van der Waals surface area contributed by atoms with Crippen LogP contribution in [0.3, 0.4) is 0 Å². The third-order valence-electron chi connectivity index (χ3n) is 3.41. The number of carboxylic acids is 1. The highest BCUT2D eigenvalue weighted by Crippen LogP contribution is 2.22. The zero-order chi connectivity index (χ0) is 13.8. The van der Waals surface area contributed by atoms with E-state index in [1.54, 1.807) is 18.4 Å². The van der Waals surface area contributed by atoms with Crippen LogP contribution < -0.4 is 5.32 Å². The van der Waals surface area contributed by atoms with Gasteiger partial charge < -0.3 is 14.8 Å². The molecule has 1 aromatic rings. The van der Waals surface area contributed by atoms with Crippen molar-refractivity contribution in [3.63, 3.8) is 0 Å². The van der Waals surface area contributed by atoms with Crippen LogP contribution in [0, 0.1) is 11.8 Å². The van der Waals surface area contributed by atoms with Gasteiger partial charge in [0.15, 0.2) is 0 Å². The molecule has 0 aliphatic carbocycles. The molecule has 1 saturated heterocycles. The van der Waals surface area contributed by atoms with E-state index in [0.29, 0.717) is 25.4 Å². The average molecular weight is 266 g/mol. The summed E-state index contributed by atoms with van der Waals surface area (Å²) < 4.78 is 5.11. The zero-order valence-electron chi connectivity index (χ0n) is 10.8. The van der Waals surface area contributed by atoms with Crippen LogP contribution in [-0.2, 0) is 16.1 Å². The summed E-state index contributed by atoms with van der Waals surface area (Å²) >= 11 is 0. The second-order valence-electron chi connectivity index (χ2n) is 4.97. The average Bonchev–Trinajstić information content (AvgIpc) is 2.96. The Morgan fingerprint density at radius 3 is 2.89 bits per heavy atom. The molecule has 0 radical (unpaired) electrons. The first-order valence-electron chi connectivity index (χ1n) is 6.30. The first-order chi connectivity index (χ1) is 9.06. The molecule has 2 atom stereocenters. The number of amides is 1. The summed E-state index contributed by atoms with van der Waals surface area (Å²) in [6.07, 6.45) is 1.56. The van der Waals surface area contributed by atoms with Gasteiger partial charge in [-0.15, -0.1) is 0 Å². The Labute approximate surface area is 111 Å². The van der Waals surface area contributed by atoms with Gasteiger partial charge in [-0.2, -0.15) is 0 Å². The molecule has 0 spiro atoms. The molecule has 1 aromatic heterocycles. The third-order valence-corrected chi connectivity index (χ3v) is 3.41. The van der Waals surface area contributed by atoms with Gasteiger partial charge in [-0.3, -0.25) is 14.5 Å². The molecule has 2 unspecified atom stereocenters. The van der Waals surface area contributed by atoms with Crippen molar-refractivity contribution in [1.29, 1.82) is 0 Å². The molecule has 6 heteroatoms. The molecular formula is C13H18N2O4. The summed E-state index contributed by atoms with van der Waals surface area (Å²) in [7, 11) is 0. The van der Waals surface area contributed by atoms with Crippen molar-refractivity contribution in [3.8, 4) is 0 Å². The van der Waals surface area contributed by atoms with Crippen LogP contribution in [0.5, 0.6) is 0 Å². The number of carbonyl (C=O) groups excluding carboxylic acids is 1. The van der Waals surface area contributed by atoms with Crippen LogP contribution >= 0.6 is 0 Å². The van der Waals surface area contributed by atoms with Gasteiger partial charge in [0.25, 0.3) is 0 Å². The van der Waals surface area contributed by atoms with Crippen LogP contribution in [0.1, 0.15) is 12.7 Å². The molecule has 1 aliphatic heterocycles. The molecule has 0 bridgehead atoms. The van der Waals surface area contributed by atoms with Crippen LogP contribution in [0.25, 0.3) is 0 Å². The van der Waals surface area contributed by atoms with Crippen LogP contribution in [-0.4, -0.2) is 41.5 Å². The quantitative estimate of drug-likeness (QED) is 0.813. The Bertz CT molecular complexity index is 444. The van der Waals surface area contributed by atoms with E-state index in [1.165, 1.54) is 0 Å². The number of nitrogens with zero attached hydrogens (tertiary/aromatic N) is 1. The van der Waals surface area contributed by atoms with Crippen LogP contribution in [0.15, 0.2) is 22.8 Å². The van der Waals surface area contributed by atoms with Crippen molar-refractivity contribution in [2.24, 2.45) is 11.8 Å². The van der Waals surface area contributed by atoms with Gasteiger partial charge in [0, 0.05) is 13.1 Å². The summed E-state index contributed by atoms with van der Waals surface area (Å²) in [6.45, 7) is 3.57. The molecule has 0 saturated carbocycles. The standard InChI is InChI=1S/C13H18N2O4/c1-9-6-15(7-11(9)13(17)18)8-12(16)14-5-10-3-2-4-19-10/h2-4,9,11H,5-8H2,1H3,(H,14,16)(H,17,18). The fraction of sp³-hybridized carbons (Fsp3) is 0.538. The zero-order valence-corrected chi connectivity index (χ0v) is 10.8. The summed E-state index contributed by atoms with van der Waals surface area (Å²) in [5.41, 5.74) is 0. The van der Waals surface area contributed by atoms with E-state index in [-0.39, 0.29) is 24.3 Å². The number of hydrogen-bond acceptors (Lipinski definition) is 4. The monoisotopic (exact) mass is 266 g/mol. The maximum atomic E-state index is 11.7. The van der Waals surface area contributed by atoms with Crippen molar-refractivity contribution in [2.75, 3.05) is 19.6 Å². The fourth-order valence-electron chi connectivity index (χ4n) is 2.38. The van der Waals surface area contributed by atoms with Crippen molar-refractivity contribution in [1.82, 2.24) is 10.2 Å². The predicted molar refractivity (Wildman–Crippen MR) is 67.3 cm³/mol. The molecule has 2 rings (SSSR count).